The predicted molar refractivity (Wildman–Crippen MR) is 53.3 cm³/mol. The van der Waals surface area contributed by atoms with Crippen molar-refractivity contribution in [3.05, 3.63) is 23.1 Å². The lowest BCUT2D eigenvalue weighted by atomic mass is 9.78. The van der Waals surface area contributed by atoms with Crippen LogP contribution < -0.4 is 0 Å². The predicted octanol–water partition coefficient (Wildman–Crippen LogP) is -0.0232. The number of hydrogen-bond donors (Lipinski definition) is 2. The molecule has 66 valence electrons. The van der Waals surface area contributed by atoms with Crippen molar-refractivity contribution in [1.29, 1.82) is 0 Å². The van der Waals surface area contributed by atoms with Crippen LogP contribution >= 0.6 is 9.24 Å². The van der Waals surface area contributed by atoms with Crippen molar-refractivity contribution in [3.63, 3.8) is 0 Å². The van der Waals surface area contributed by atoms with E-state index < -0.39 is 7.12 Å². The number of hydrogen-bond acceptors (Lipinski definition) is 3. The van der Waals surface area contributed by atoms with Crippen molar-refractivity contribution in [3.8, 4) is 0 Å². The third-order valence-corrected chi connectivity index (χ3v) is 2.58. The molecule has 12 heavy (non-hydrogen) atoms. The van der Waals surface area contributed by atoms with E-state index in [4.69, 9.17) is 10.0 Å². The van der Waals surface area contributed by atoms with E-state index in [0.29, 0.717) is 12.0 Å². The summed E-state index contributed by atoms with van der Waals surface area (Å²) in [7, 11) is 3.21. The maximum atomic E-state index is 8.94. The van der Waals surface area contributed by atoms with Gasteiger partial charge in [0.2, 0.25) is 0 Å². The second-order valence-electron chi connectivity index (χ2n) is 2.87. The van der Waals surface area contributed by atoms with Crippen LogP contribution in [0.3, 0.4) is 0 Å². The fourth-order valence-electron chi connectivity index (χ4n) is 1.10. The quantitative estimate of drug-likeness (QED) is 0.445. The van der Waals surface area contributed by atoms with Crippen molar-refractivity contribution in [2.24, 2.45) is 0 Å². The summed E-state index contributed by atoms with van der Waals surface area (Å²) in [6.07, 6.45) is 4.63. The second-order valence-corrected chi connectivity index (χ2v) is 3.46. The van der Waals surface area contributed by atoms with Gasteiger partial charge in [-0.2, -0.15) is 0 Å². The van der Waals surface area contributed by atoms with Gasteiger partial charge in [0.1, 0.15) is 0 Å². The first-order chi connectivity index (χ1) is 5.61. The number of likely N-dealkylation sites (N-methyl/N-ethyl adjacent to an activating group) is 1. The summed E-state index contributed by atoms with van der Waals surface area (Å²) in [6, 6.07) is 0. The molecule has 1 atom stereocenters. The Morgan fingerprint density at radius 3 is 2.75 bits per heavy atom. The minimum atomic E-state index is -1.32. The van der Waals surface area contributed by atoms with Gasteiger partial charge in [-0.3, -0.25) is 0 Å². The molecular formula is C7H13BNO2P. The van der Waals surface area contributed by atoms with Crippen molar-refractivity contribution >= 4 is 16.4 Å². The summed E-state index contributed by atoms with van der Waals surface area (Å²) in [4.78, 5) is 1.96. The van der Waals surface area contributed by atoms with E-state index in [2.05, 4.69) is 9.24 Å². The van der Waals surface area contributed by atoms with E-state index in [9.17, 15) is 0 Å². The second kappa shape index (κ2) is 4.08. The molecule has 0 spiro atoms. The SMILES string of the molecule is CN1CC(B(O)O)=CCC=C1P. The van der Waals surface area contributed by atoms with Crippen molar-refractivity contribution in [2.45, 2.75) is 6.42 Å². The molecule has 1 rings (SSSR count). The topological polar surface area (TPSA) is 43.7 Å². The van der Waals surface area contributed by atoms with Gasteiger partial charge in [0.05, 0.1) is 0 Å². The van der Waals surface area contributed by atoms with Gasteiger partial charge >= 0.3 is 7.12 Å². The number of rotatable bonds is 1. The fourth-order valence-corrected chi connectivity index (χ4v) is 1.33. The molecule has 2 N–H and O–H groups in total. The molecule has 0 saturated heterocycles. The molecule has 0 aromatic carbocycles. The van der Waals surface area contributed by atoms with Gasteiger partial charge < -0.3 is 14.9 Å². The Labute approximate surface area is 75.1 Å². The molecule has 5 heteroatoms. The molecule has 0 aromatic heterocycles. The molecule has 1 unspecified atom stereocenters. The first-order valence-electron chi connectivity index (χ1n) is 3.83. The Balaban J connectivity index is 2.69. The normalized spacial score (nSPS) is 18.2. The van der Waals surface area contributed by atoms with Gasteiger partial charge in [-0.1, -0.05) is 21.4 Å². The first kappa shape index (κ1) is 9.78. The molecular weight excluding hydrogens is 172 g/mol. The summed E-state index contributed by atoms with van der Waals surface area (Å²) in [5.74, 6) is 0. The van der Waals surface area contributed by atoms with Gasteiger partial charge in [-0.25, -0.2) is 0 Å². The zero-order valence-electron chi connectivity index (χ0n) is 7.07. The molecule has 0 aromatic rings. The Kier molecular flexibility index (Phi) is 3.33. The minimum Gasteiger partial charge on any atom is -0.423 e. The van der Waals surface area contributed by atoms with Crippen LogP contribution in [0, 0.1) is 0 Å². The summed E-state index contributed by atoms with van der Waals surface area (Å²) in [5, 5.41) is 17.9. The van der Waals surface area contributed by atoms with Gasteiger partial charge in [-0.15, -0.1) is 0 Å². The third kappa shape index (κ3) is 2.34. The smallest absolute Gasteiger partial charge is 0.423 e. The highest BCUT2D eigenvalue weighted by atomic mass is 31.0. The average Bonchev–Trinajstić information content (AvgIpc) is 2.15. The van der Waals surface area contributed by atoms with Crippen LogP contribution in [0.25, 0.3) is 0 Å². The molecule has 0 fully saturated rings. The van der Waals surface area contributed by atoms with E-state index in [1.165, 1.54) is 0 Å². The number of nitrogens with zero attached hydrogens (tertiary/aromatic N) is 1. The zero-order valence-corrected chi connectivity index (χ0v) is 8.22. The monoisotopic (exact) mass is 185 g/mol. The zero-order chi connectivity index (χ0) is 9.14. The van der Waals surface area contributed by atoms with Gasteiger partial charge in [0.15, 0.2) is 0 Å². The van der Waals surface area contributed by atoms with Gasteiger partial charge in [0.25, 0.3) is 0 Å². The first-order valence-corrected chi connectivity index (χ1v) is 4.41. The maximum absolute atomic E-state index is 8.94. The van der Waals surface area contributed by atoms with E-state index in [0.717, 1.165) is 11.9 Å². The highest BCUT2D eigenvalue weighted by Crippen LogP contribution is 2.17. The summed E-state index contributed by atoms with van der Waals surface area (Å²) in [5.41, 5.74) is 1.74. The largest absolute Gasteiger partial charge is 0.485 e. The molecule has 0 radical (unpaired) electrons. The van der Waals surface area contributed by atoms with E-state index in [1.54, 1.807) is 0 Å². The van der Waals surface area contributed by atoms with Crippen LogP contribution in [0.4, 0.5) is 0 Å². The Hall–Kier alpha value is -0.305. The molecule has 1 aliphatic heterocycles. The van der Waals surface area contributed by atoms with Crippen LogP contribution in [-0.2, 0) is 0 Å². The molecule has 0 saturated carbocycles. The van der Waals surface area contributed by atoms with Gasteiger partial charge in [0, 0.05) is 19.0 Å². The summed E-state index contributed by atoms with van der Waals surface area (Å²) >= 11 is 0. The van der Waals surface area contributed by atoms with Crippen LogP contribution in [-0.4, -0.2) is 35.7 Å². The highest BCUT2D eigenvalue weighted by Gasteiger charge is 2.17. The molecule has 0 bridgehead atoms. The number of allylic oxidation sites excluding steroid dienone is 2. The van der Waals surface area contributed by atoms with E-state index in [1.807, 2.05) is 24.1 Å². The summed E-state index contributed by atoms with van der Waals surface area (Å²) < 4.78 is 0. The lowest BCUT2D eigenvalue weighted by molar-refractivity contribution is 0.405. The van der Waals surface area contributed by atoms with Crippen molar-refractivity contribution in [2.75, 3.05) is 13.6 Å². The Morgan fingerprint density at radius 2 is 2.17 bits per heavy atom. The minimum absolute atomic E-state index is 0.576. The van der Waals surface area contributed by atoms with Gasteiger partial charge in [-0.05, 0) is 11.9 Å². The van der Waals surface area contributed by atoms with Crippen molar-refractivity contribution in [1.82, 2.24) is 4.90 Å². The van der Waals surface area contributed by atoms with Crippen LogP contribution in [0.1, 0.15) is 6.42 Å². The highest BCUT2D eigenvalue weighted by molar-refractivity contribution is 7.22. The Morgan fingerprint density at radius 1 is 1.50 bits per heavy atom. The third-order valence-electron chi connectivity index (χ3n) is 1.90. The van der Waals surface area contributed by atoms with E-state index >= 15 is 0 Å². The lowest BCUT2D eigenvalue weighted by Gasteiger charge is -2.19. The average molecular weight is 185 g/mol. The van der Waals surface area contributed by atoms with Crippen molar-refractivity contribution < 1.29 is 10.0 Å². The molecule has 0 aliphatic carbocycles. The summed E-state index contributed by atoms with van der Waals surface area (Å²) in [6.45, 7) is 0.576. The van der Waals surface area contributed by atoms with Crippen LogP contribution in [0.5, 0.6) is 0 Å². The van der Waals surface area contributed by atoms with E-state index in [-0.39, 0.29) is 0 Å². The van der Waals surface area contributed by atoms with Crippen LogP contribution in [0.2, 0.25) is 0 Å². The molecule has 1 heterocycles. The molecule has 0 amide bonds. The Bertz CT molecular complexity index is 227. The standard InChI is InChI=1S/C7H13BNO2P/c1-9-5-6(8(10)11)3-2-4-7(9)12/h3-4,10-11H,2,5,12H2,1H3. The maximum Gasteiger partial charge on any atom is 0.485 e. The van der Waals surface area contributed by atoms with Crippen LogP contribution in [0.15, 0.2) is 23.1 Å². The lowest BCUT2D eigenvalue weighted by Crippen LogP contribution is -2.26. The molecule has 1 aliphatic rings. The molecule has 3 nitrogen and oxygen atoms in total. The fraction of sp³-hybridized carbons (Fsp3) is 0.429.